The largest absolute Gasteiger partial charge is 0.491 e. The van der Waals surface area contributed by atoms with Gasteiger partial charge >= 0.3 is 0 Å². The van der Waals surface area contributed by atoms with Crippen molar-refractivity contribution in [1.29, 1.82) is 0 Å². The lowest BCUT2D eigenvalue weighted by atomic mass is 10.00. The van der Waals surface area contributed by atoms with Crippen LogP contribution in [0.25, 0.3) is 0 Å². The van der Waals surface area contributed by atoms with Crippen molar-refractivity contribution in [2.45, 2.75) is 58.6 Å². The number of rotatable bonds is 13. The molecule has 0 radical (unpaired) electrons. The Balaban J connectivity index is 1.72. The van der Waals surface area contributed by atoms with Crippen LogP contribution in [0.3, 0.4) is 0 Å². The van der Waals surface area contributed by atoms with E-state index in [-0.39, 0.29) is 11.9 Å². The lowest BCUT2D eigenvalue weighted by Gasteiger charge is -2.37. The first-order chi connectivity index (χ1) is 16.4. The van der Waals surface area contributed by atoms with E-state index in [0.717, 1.165) is 37.1 Å². The molecule has 5 nitrogen and oxygen atoms in total. The number of aliphatic hydroxyl groups is 1. The predicted octanol–water partition coefficient (Wildman–Crippen LogP) is 5.24. The van der Waals surface area contributed by atoms with Crippen LogP contribution >= 0.6 is 11.3 Å². The van der Waals surface area contributed by atoms with E-state index >= 15 is 0 Å². The number of aryl methyl sites for hydroxylation is 1. The first kappa shape index (κ1) is 26.5. The summed E-state index contributed by atoms with van der Waals surface area (Å²) in [6, 6.07) is 10.1. The fraction of sp³-hybridized carbons (Fsp3) is 0.536. The highest BCUT2D eigenvalue weighted by atomic mass is 32.1. The topological polar surface area (TPSA) is 53.0 Å². The van der Waals surface area contributed by atoms with Gasteiger partial charge < -0.3 is 14.7 Å². The van der Waals surface area contributed by atoms with Crippen molar-refractivity contribution < 1.29 is 14.6 Å². The van der Waals surface area contributed by atoms with Crippen molar-refractivity contribution in [3.05, 3.63) is 64.4 Å². The van der Waals surface area contributed by atoms with Crippen LogP contribution < -0.4 is 4.74 Å². The molecule has 186 valence electrons. The molecule has 1 aromatic heterocycles. The van der Waals surface area contributed by atoms with Gasteiger partial charge in [-0.05, 0) is 66.8 Å². The van der Waals surface area contributed by atoms with Crippen LogP contribution in [0.5, 0.6) is 5.75 Å². The number of aliphatic hydroxyl groups excluding tert-OH is 1. The molecule has 1 aliphatic heterocycles. The van der Waals surface area contributed by atoms with Crippen LogP contribution in [0.15, 0.2) is 48.4 Å². The average Bonchev–Trinajstić information content (AvgIpc) is 3.30. The molecule has 34 heavy (non-hydrogen) atoms. The molecule has 3 rings (SSSR count). The van der Waals surface area contributed by atoms with Crippen LogP contribution in [-0.2, 0) is 11.2 Å². The molecule has 0 spiro atoms. The van der Waals surface area contributed by atoms with Gasteiger partial charge in [-0.1, -0.05) is 38.5 Å². The molecule has 2 heterocycles. The Bertz CT molecular complexity index is 928. The second-order valence-electron chi connectivity index (χ2n) is 9.51. The van der Waals surface area contributed by atoms with E-state index in [2.05, 4.69) is 49.8 Å². The number of hydrogen-bond acceptors (Lipinski definition) is 5. The third kappa shape index (κ3) is 7.42. The molecule has 1 N–H and O–H groups in total. The SMILES string of the molecule is C=CCC[C@H](O)CN(CC(=O)N1CCc2sccc2[C@@H]1COc1cccc(C)c1)C[C@H](C)CC. The van der Waals surface area contributed by atoms with Crippen LogP contribution in [0.1, 0.15) is 55.2 Å². The van der Waals surface area contributed by atoms with Gasteiger partial charge in [0.05, 0.1) is 18.7 Å². The summed E-state index contributed by atoms with van der Waals surface area (Å²) in [4.78, 5) is 19.1. The van der Waals surface area contributed by atoms with Gasteiger partial charge in [0.15, 0.2) is 0 Å². The minimum atomic E-state index is -0.458. The van der Waals surface area contributed by atoms with E-state index in [1.165, 1.54) is 10.4 Å². The van der Waals surface area contributed by atoms with Gasteiger partial charge in [-0.2, -0.15) is 0 Å². The minimum absolute atomic E-state index is 0.0980. The number of fused-ring (bicyclic) bond motifs is 1. The second-order valence-corrected chi connectivity index (χ2v) is 10.5. The molecule has 1 amide bonds. The molecule has 0 saturated heterocycles. The number of benzene rings is 1. The summed E-state index contributed by atoms with van der Waals surface area (Å²) < 4.78 is 6.18. The fourth-order valence-corrected chi connectivity index (χ4v) is 5.44. The Labute approximate surface area is 209 Å². The molecule has 0 bridgehead atoms. The molecular formula is C28H40N2O3S. The number of ether oxygens (including phenoxy) is 1. The zero-order valence-electron chi connectivity index (χ0n) is 20.9. The molecule has 0 fully saturated rings. The van der Waals surface area contributed by atoms with Gasteiger partial charge in [-0.25, -0.2) is 0 Å². The third-order valence-electron chi connectivity index (χ3n) is 6.61. The Morgan fingerprint density at radius 3 is 2.94 bits per heavy atom. The van der Waals surface area contributed by atoms with Gasteiger partial charge in [-0.15, -0.1) is 17.9 Å². The van der Waals surface area contributed by atoms with Gasteiger partial charge in [-0.3, -0.25) is 9.69 Å². The highest BCUT2D eigenvalue weighted by Gasteiger charge is 2.33. The molecule has 0 saturated carbocycles. The Morgan fingerprint density at radius 1 is 1.38 bits per heavy atom. The highest BCUT2D eigenvalue weighted by molar-refractivity contribution is 7.10. The second kappa shape index (κ2) is 13.1. The number of amides is 1. The fourth-order valence-electron chi connectivity index (χ4n) is 4.51. The van der Waals surface area contributed by atoms with E-state index in [0.29, 0.717) is 38.6 Å². The number of carbonyl (C=O) groups excluding carboxylic acids is 1. The third-order valence-corrected chi connectivity index (χ3v) is 7.61. The lowest BCUT2D eigenvalue weighted by molar-refractivity contribution is -0.136. The Kier molecular flexibility index (Phi) is 10.2. The molecule has 0 aliphatic carbocycles. The van der Waals surface area contributed by atoms with E-state index in [1.54, 1.807) is 11.3 Å². The summed E-state index contributed by atoms with van der Waals surface area (Å²) >= 11 is 1.76. The zero-order chi connectivity index (χ0) is 24.5. The van der Waals surface area contributed by atoms with Crippen molar-refractivity contribution in [2.24, 2.45) is 5.92 Å². The lowest BCUT2D eigenvalue weighted by Crippen LogP contribution is -2.48. The van der Waals surface area contributed by atoms with Gasteiger partial charge in [0.1, 0.15) is 12.4 Å². The normalized spacial score (nSPS) is 17.3. The number of thiophene rings is 1. The van der Waals surface area contributed by atoms with Crippen LogP contribution in [0.2, 0.25) is 0 Å². The molecular weight excluding hydrogens is 444 g/mol. The molecule has 0 unspecified atom stereocenters. The molecule has 2 aromatic rings. The van der Waals surface area contributed by atoms with Gasteiger partial charge in [0.2, 0.25) is 5.91 Å². The van der Waals surface area contributed by atoms with Gasteiger partial charge in [0.25, 0.3) is 0 Å². The molecule has 3 atom stereocenters. The summed E-state index contributed by atoms with van der Waals surface area (Å²) in [7, 11) is 0. The maximum absolute atomic E-state index is 13.6. The van der Waals surface area contributed by atoms with Crippen molar-refractivity contribution in [3.8, 4) is 5.75 Å². The van der Waals surface area contributed by atoms with E-state index in [1.807, 2.05) is 29.2 Å². The van der Waals surface area contributed by atoms with Crippen molar-refractivity contribution in [2.75, 3.05) is 32.8 Å². The number of nitrogens with zero attached hydrogens (tertiary/aromatic N) is 2. The zero-order valence-corrected chi connectivity index (χ0v) is 21.7. The summed E-state index contributed by atoms with van der Waals surface area (Å²) in [6.07, 6.45) is 4.75. The van der Waals surface area contributed by atoms with Crippen molar-refractivity contribution in [1.82, 2.24) is 9.80 Å². The van der Waals surface area contributed by atoms with Crippen molar-refractivity contribution >= 4 is 17.2 Å². The predicted molar refractivity (Wildman–Crippen MR) is 140 cm³/mol. The number of allylic oxidation sites excluding steroid dienone is 1. The molecule has 1 aromatic carbocycles. The first-order valence-corrected chi connectivity index (χ1v) is 13.4. The van der Waals surface area contributed by atoms with Crippen LogP contribution in [0, 0.1) is 12.8 Å². The molecule has 1 aliphatic rings. The van der Waals surface area contributed by atoms with Gasteiger partial charge in [0, 0.05) is 24.5 Å². The number of hydrogen-bond donors (Lipinski definition) is 1. The minimum Gasteiger partial charge on any atom is -0.491 e. The summed E-state index contributed by atoms with van der Waals surface area (Å²) in [5.74, 6) is 1.40. The quantitative estimate of drug-likeness (QED) is 0.395. The van der Waals surface area contributed by atoms with E-state index in [4.69, 9.17) is 4.74 Å². The standard InChI is InChI=1S/C28H40N2O3S/c1-5-7-10-23(31)18-29(17-21(3)6-2)19-28(32)30-14-12-27-25(13-15-34-27)26(30)20-33-24-11-8-9-22(4)16-24/h5,8-9,11,13,15-16,21,23,26,31H,1,6-7,10,12,14,17-20H2,2-4H3/t21-,23+,26+/m1/s1. The van der Waals surface area contributed by atoms with Crippen LogP contribution in [-0.4, -0.2) is 59.7 Å². The average molecular weight is 485 g/mol. The van der Waals surface area contributed by atoms with Crippen molar-refractivity contribution in [3.63, 3.8) is 0 Å². The molecule has 6 heteroatoms. The Hall–Kier alpha value is -2.15. The number of carbonyl (C=O) groups is 1. The maximum Gasteiger partial charge on any atom is 0.237 e. The first-order valence-electron chi connectivity index (χ1n) is 12.5. The van der Waals surface area contributed by atoms with Crippen LogP contribution in [0.4, 0.5) is 0 Å². The maximum atomic E-state index is 13.6. The smallest absolute Gasteiger partial charge is 0.237 e. The van der Waals surface area contributed by atoms with E-state index < -0.39 is 6.10 Å². The summed E-state index contributed by atoms with van der Waals surface area (Å²) in [5.41, 5.74) is 2.36. The highest BCUT2D eigenvalue weighted by Crippen LogP contribution is 2.34. The monoisotopic (exact) mass is 484 g/mol. The summed E-state index contributed by atoms with van der Waals surface area (Å²) in [5, 5.41) is 12.6. The Morgan fingerprint density at radius 2 is 2.21 bits per heavy atom. The summed E-state index contributed by atoms with van der Waals surface area (Å²) in [6.45, 7) is 12.9. The van der Waals surface area contributed by atoms with E-state index in [9.17, 15) is 9.90 Å².